The van der Waals surface area contributed by atoms with Crippen LogP contribution < -0.4 is 0 Å². The summed E-state index contributed by atoms with van der Waals surface area (Å²) in [6.07, 6.45) is 6.04. The van der Waals surface area contributed by atoms with E-state index in [0.29, 0.717) is 24.2 Å². The van der Waals surface area contributed by atoms with Crippen molar-refractivity contribution in [1.29, 1.82) is 0 Å². The summed E-state index contributed by atoms with van der Waals surface area (Å²) in [6, 6.07) is 0. The minimum absolute atomic E-state index is 0.0302. The minimum atomic E-state index is -0.734. The van der Waals surface area contributed by atoms with Crippen LogP contribution in [0.1, 0.15) is 85.5 Å². The molecule has 0 saturated heterocycles. The van der Waals surface area contributed by atoms with Gasteiger partial charge in [0.25, 0.3) is 0 Å². The molecule has 5 nitrogen and oxygen atoms in total. The quantitative estimate of drug-likeness (QED) is 0.520. The van der Waals surface area contributed by atoms with Crippen molar-refractivity contribution in [2.45, 2.75) is 104 Å². The fourth-order valence-electron chi connectivity index (χ4n) is 9.60. The predicted molar refractivity (Wildman–Crippen MR) is 119 cm³/mol. The largest absolute Gasteiger partial charge is 0.481 e. The van der Waals surface area contributed by atoms with E-state index in [1.165, 1.54) is 0 Å². The molecule has 0 bridgehead atoms. The van der Waals surface area contributed by atoms with E-state index in [-0.39, 0.29) is 47.0 Å². The van der Waals surface area contributed by atoms with Crippen LogP contribution >= 0.6 is 0 Å². The van der Waals surface area contributed by atoms with E-state index < -0.39 is 18.2 Å². The fraction of sp³-hybridized carbons (Fsp3) is 0.962. The Morgan fingerprint density at radius 1 is 1.06 bits per heavy atom. The number of fused-ring (bicyclic) bond motifs is 5. The Hall–Kier alpha value is -0.650. The van der Waals surface area contributed by atoms with Crippen molar-refractivity contribution in [3.8, 4) is 0 Å². The molecule has 0 amide bonds. The molecule has 0 aromatic rings. The molecule has 5 unspecified atom stereocenters. The summed E-state index contributed by atoms with van der Waals surface area (Å²) in [6.45, 7) is 9.01. The van der Waals surface area contributed by atoms with Crippen LogP contribution in [0.15, 0.2) is 0 Å². The molecule has 4 fully saturated rings. The van der Waals surface area contributed by atoms with Gasteiger partial charge in [0.2, 0.25) is 0 Å². The highest BCUT2D eigenvalue weighted by molar-refractivity contribution is 5.66. The van der Waals surface area contributed by atoms with Gasteiger partial charge in [-0.15, -0.1) is 0 Å². The highest BCUT2D eigenvalue weighted by Gasteiger charge is 2.67. The maximum absolute atomic E-state index is 11.7. The van der Waals surface area contributed by atoms with Crippen molar-refractivity contribution in [2.24, 2.45) is 52.3 Å². The number of hydrogen-bond donors (Lipinski definition) is 4. The van der Waals surface area contributed by atoms with Gasteiger partial charge in [-0.25, -0.2) is 0 Å². The van der Waals surface area contributed by atoms with Gasteiger partial charge in [-0.05, 0) is 97.2 Å². The summed E-state index contributed by atoms with van der Waals surface area (Å²) < 4.78 is 0. The normalized spacial score (nSPS) is 52.7. The lowest BCUT2D eigenvalue weighted by atomic mass is 9.40. The molecule has 0 aromatic carbocycles. The molecular weight excluding hydrogens is 392 g/mol. The molecule has 0 radical (unpaired) electrons. The van der Waals surface area contributed by atoms with E-state index in [1.54, 1.807) is 0 Å². The van der Waals surface area contributed by atoms with Crippen LogP contribution in [0.5, 0.6) is 0 Å². The van der Waals surface area contributed by atoms with Gasteiger partial charge in [0.1, 0.15) is 0 Å². The van der Waals surface area contributed by atoms with Gasteiger partial charge in [-0.1, -0.05) is 34.1 Å². The van der Waals surface area contributed by atoms with Crippen LogP contribution in [0.3, 0.4) is 0 Å². The zero-order valence-electron chi connectivity index (χ0n) is 19.8. The fourth-order valence-corrected chi connectivity index (χ4v) is 9.60. The van der Waals surface area contributed by atoms with Crippen molar-refractivity contribution in [2.75, 3.05) is 0 Å². The lowest BCUT2D eigenvalue weighted by Crippen LogP contribution is -2.65. The average molecular weight is 437 g/mol. The second-order valence-electron chi connectivity index (χ2n) is 12.2. The molecular formula is C26H44O5. The van der Waals surface area contributed by atoms with Gasteiger partial charge in [-0.3, -0.25) is 4.79 Å². The zero-order valence-corrected chi connectivity index (χ0v) is 19.8. The third kappa shape index (κ3) is 3.58. The van der Waals surface area contributed by atoms with E-state index in [4.69, 9.17) is 5.11 Å². The minimum Gasteiger partial charge on any atom is -0.481 e. The number of carboxylic acid groups (broad SMARTS) is 1. The van der Waals surface area contributed by atoms with Crippen LogP contribution in [0.25, 0.3) is 0 Å². The van der Waals surface area contributed by atoms with Crippen LogP contribution in [0, 0.1) is 52.3 Å². The van der Waals surface area contributed by atoms with Crippen LogP contribution in [0.2, 0.25) is 0 Å². The number of carbonyl (C=O) groups is 1. The van der Waals surface area contributed by atoms with E-state index in [9.17, 15) is 20.1 Å². The maximum atomic E-state index is 11.7. The molecule has 4 aliphatic carbocycles. The van der Waals surface area contributed by atoms with Gasteiger partial charge in [0.15, 0.2) is 0 Å². The summed E-state index contributed by atoms with van der Waals surface area (Å²) >= 11 is 0. The molecule has 4 aliphatic rings. The Morgan fingerprint density at radius 3 is 2.42 bits per heavy atom. The number of aliphatic hydroxyl groups is 3. The molecule has 31 heavy (non-hydrogen) atoms. The molecule has 4 N–H and O–H groups in total. The Bertz CT molecular complexity index is 681. The molecule has 12 atom stereocenters. The van der Waals surface area contributed by atoms with Gasteiger partial charge in [0, 0.05) is 6.42 Å². The molecule has 5 heteroatoms. The first-order chi connectivity index (χ1) is 14.5. The van der Waals surface area contributed by atoms with Crippen LogP contribution in [-0.2, 0) is 4.79 Å². The zero-order chi connectivity index (χ0) is 22.7. The van der Waals surface area contributed by atoms with E-state index in [0.717, 1.165) is 44.9 Å². The predicted octanol–water partition coefficient (Wildman–Crippen LogP) is 4.08. The monoisotopic (exact) mass is 436 g/mol. The summed E-state index contributed by atoms with van der Waals surface area (Å²) in [5.41, 5.74) is -0.0767. The average Bonchev–Trinajstić information content (AvgIpc) is 3.04. The first-order valence-corrected chi connectivity index (χ1v) is 12.8. The highest BCUT2D eigenvalue weighted by Crippen LogP contribution is 2.69. The second-order valence-corrected chi connectivity index (χ2v) is 12.2. The molecule has 178 valence electrons. The van der Waals surface area contributed by atoms with Gasteiger partial charge in [0.05, 0.1) is 18.3 Å². The van der Waals surface area contributed by atoms with Gasteiger partial charge >= 0.3 is 5.97 Å². The standard InChI is InChI=1S/C26H44O5/c1-5-16-19-12-15(27)10-11-25(19,3)23-20(28)13-26(4)17(14(2)6-9-21(29)30)7-8-18(26)22(23)24(16)31/h14-20,22-24,27-28,31H,5-13H2,1-4H3,(H,29,30)/t14-,15-,16-,17-,18?,19?,20+,22?,23?,24-,25?,26-/m1/s1. The van der Waals surface area contributed by atoms with Crippen molar-refractivity contribution in [3.05, 3.63) is 0 Å². The van der Waals surface area contributed by atoms with E-state index >= 15 is 0 Å². The number of carboxylic acids is 1. The van der Waals surface area contributed by atoms with Crippen molar-refractivity contribution < 1.29 is 25.2 Å². The lowest BCUT2D eigenvalue weighted by Gasteiger charge is -2.66. The topological polar surface area (TPSA) is 98.0 Å². The number of aliphatic hydroxyl groups excluding tert-OH is 3. The third-order valence-corrected chi connectivity index (χ3v) is 10.9. The molecule has 4 rings (SSSR count). The SMILES string of the molecule is CC[C@@H]1C2C[C@H](O)CCC2(C)C2C(C3CC[C@H]([C@H](C)CCC(=O)O)[C@@]3(C)C[C@@H]2O)[C@@H]1O. The molecule has 0 aromatic heterocycles. The maximum Gasteiger partial charge on any atom is 0.303 e. The number of rotatable bonds is 5. The smallest absolute Gasteiger partial charge is 0.303 e. The first kappa shape index (κ1) is 23.5. The summed E-state index contributed by atoms with van der Waals surface area (Å²) in [5.74, 6) is 1.00. The van der Waals surface area contributed by atoms with Crippen molar-refractivity contribution >= 4 is 5.97 Å². The third-order valence-electron chi connectivity index (χ3n) is 10.9. The van der Waals surface area contributed by atoms with Crippen molar-refractivity contribution in [3.63, 3.8) is 0 Å². The Morgan fingerprint density at radius 2 is 1.77 bits per heavy atom. The Balaban J connectivity index is 1.66. The van der Waals surface area contributed by atoms with Crippen LogP contribution in [0.4, 0.5) is 0 Å². The summed E-state index contributed by atoms with van der Waals surface area (Å²) in [7, 11) is 0. The molecule has 0 spiro atoms. The second kappa shape index (κ2) is 8.29. The van der Waals surface area contributed by atoms with E-state index in [2.05, 4.69) is 27.7 Å². The molecule has 0 aliphatic heterocycles. The van der Waals surface area contributed by atoms with Crippen LogP contribution in [-0.4, -0.2) is 44.7 Å². The Labute approximate surface area is 187 Å². The molecule has 4 saturated carbocycles. The number of hydrogen-bond acceptors (Lipinski definition) is 4. The van der Waals surface area contributed by atoms with Gasteiger partial charge < -0.3 is 20.4 Å². The summed E-state index contributed by atoms with van der Waals surface area (Å²) in [4.78, 5) is 11.1. The van der Waals surface area contributed by atoms with Crippen molar-refractivity contribution in [1.82, 2.24) is 0 Å². The van der Waals surface area contributed by atoms with E-state index in [1.807, 2.05) is 0 Å². The first-order valence-electron chi connectivity index (χ1n) is 12.8. The lowest BCUT2D eigenvalue weighted by molar-refractivity contribution is -0.235. The highest BCUT2D eigenvalue weighted by atomic mass is 16.4. The Kier molecular flexibility index (Phi) is 6.28. The summed E-state index contributed by atoms with van der Waals surface area (Å²) in [5, 5.41) is 42.9. The number of aliphatic carboxylic acids is 1. The molecule has 0 heterocycles. The van der Waals surface area contributed by atoms with Gasteiger partial charge in [-0.2, -0.15) is 0 Å².